The lowest BCUT2D eigenvalue weighted by Crippen LogP contribution is -2.39. The quantitative estimate of drug-likeness (QED) is 0.295. The third-order valence-corrected chi connectivity index (χ3v) is 5.71. The van der Waals surface area contributed by atoms with E-state index in [2.05, 4.69) is 4.99 Å². The number of esters is 1. The summed E-state index contributed by atoms with van der Waals surface area (Å²) in [6.07, 6.45) is 1.82. The van der Waals surface area contributed by atoms with E-state index in [0.29, 0.717) is 33.3 Å². The Morgan fingerprint density at radius 2 is 2.03 bits per heavy atom. The maximum absolute atomic E-state index is 13.4. The van der Waals surface area contributed by atoms with Crippen molar-refractivity contribution in [3.05, 3.63) is 91.6 Å². The molecule has 0 spiro atoms. The molecule has 1 amide bonds. The molecule has 2 aromatic carbocycles. The highest BCUT2D eigenvalue weighted by Gasteiger charge is 2.45. The fourth-order valence-electron chi connectivity index (χ4n) is 3.95. The van der Waals surface area contributed by atoms with Crippen LogP contribution in [0.4, 0.5) is 5.69 Å². The van der Waals surface area contributed by atoms with Crippen molar-refractivity contribution in [1.82, 2.24) is 4.90 Å². The van der Waals surface area contributed by atoms with Crippen molar-refractivity contribution in [1.29, 1.82) is 0 Å². The molecule has 4 rings (SSSR count). The van der Waals surface area contributed by atoms with Crippen LogP contribution in [-0.2, 0) is 14.3 Å². The number of halogens is 1. The Morgan fingerprint density at radius 1 is 1.28 bits per heavy atom. The molecule has 1 saturated heterocycles. The van der Waals surface area contributed by atoms with Crippen molar-refractivity contribution in [2.75, 3.05) is 7.11 Å². The normalized spacial score (nSPS) is 19.2. The molecule has 0 bridgehead atoms. The molecular weight excluding hydrogens is 434 g/mol. The summed E-state index contributed by atoms with van der Waals surface area (Å²) in [5.74, 6) is -0.477. The topological polar surface area (TPSA) is 102 Å². The summed E-state index contributed by atoms with van der Waals surface area (Å²) in [5, 5.41) is 11.5. The number of aliphatic imine (C=N–C) groups is 1. The summed E-state index contributed by atoms with van der Waals surface area (Å²) in [6, 6.07) is 12.2. The van der Waals surface area contributed by atoms with E-state index in [1.165, 1.54) is 24.1 Å². The highest BCUT2D eigenvalue weighted by Crippen LogP contribution is 2.43. The number of non-ortho nitro benzene ring substituents is 1. The molecule has 1 unspecified atom stereocenters. The summed E-state index contributed by atoms with van der Waals surface area (Å²) in [5.41, 5.74) is 2.10. The molecule has 0 N–H and O–H groups in total. The number of allylic oxidation sites excluding steroid dienone is 1. The summed E-state index contributed by atoms with van der Waals surface area (Å²) in [6.45, 7) is 1.69. The summed E-state index contributed by atoms with van der Waals surface area (Å²) < 4.78 is 4.97. The second kappa shape index (κ2) is 8.39. The predicted octanol–water partition coefficient (Wildman–Crippen LogP) is 4.46. The van der Waals surface area contributed by atoms with Crippen LogP contribution in [0.1, 0.15) is 30.5 Å². The number of amides is 1. The van der Waals surface area contributed by atoms with Crippen LogP contribution >= 0.6 is 11.6 Å². The maximum atomic E-state index is 13.4. The zero-order valence-electron chi connectivity index (χ0n) is 17.2. The molecular formula is C23H18ClN3O5. The number of rotatable bonds is 4. The molecule has 9 heteroatoms. The van der Waals surface area contributed by atoms with Gasteiger partial charge in [-0.15, -0.1) is 0 Å². The lowest BCUT2D eigenvalue weighted by molar-refractivity contribution is -0.384. The van der Waals surface area contributed by atoms with Gasteiger partial charge in [-0.3, -0.25) is 19.8 Å². The fourth-order valence-corrected chi connectivity index (χ4v) is 4.19. The van der Waals surface area contributed by atoms with Gasteiger partial charge in [-0.25, -0.2) is 9.79 Å². The lowest BCUT2D eigenvalue weighted by Gasteiger charge is -2.33. The number of nitrogens with zero attached hydrogens (tertiary/aromatic N) is 3. The first-order valence-corrected chi connectivity index (χ1v) is 10.1. The molecule has 1 atom stereocenters. The van der Waals surface area contributed by atoms with Crippen LogP contribution in [0.25, 0.3) is 6.08 Å². The molecule has 2 aliphatic heterocycles. The SMILES string of the molecule is COC(=O)C1=C(C)N=C2C/C(=C/c3cccc([N+](=O)[O-])c3)C(=O)N2C1c1ccccc1Cl. The summed E-state index contributed by atoms with van der Waals surface area (Å²) >= 11 is 6.44. The van der Waals surface area contributed by atoms with E-state index in [4.69, 9.17) is 16.3 Å². The van der Waals surface area contributed by atoms with Crippen LogP contribution in [0.5, 0.6) is 0 Å². The number of nitro benzene ring substituents is 1. The van der Waals surface area contributed by atoms with E-state index < -0.39 is 16.9 Å². The van der Waals surface area contributed by atoms with E-state index in [1.54, 1.807) is 49.4 Å². The zero-order chi connectivity index (χ0) is 23.0. The third-order valence-electron chi connectivity index (χ3n) is 5.37. The fraction of sp³-hybridized carbons (Fsp3) is 0.174. The molecule has 2 aromatic rings. The van der Waals surface area contributed by atoms with Crippen LogP contribution < -0.4 is 0 Å². The van der Waals surface area contributed by atoms with Gasteiger partial charge in [0.05, 0.1) is 29.3 Å². The number of amidine groups is 1. The smallest absolute Gasteiger partial charge is 0.338 e. The molecule has 8 nitrogen and oxygen atoms in total. The highest BCUT2D eigenvalue weighted by atomic mass is 35.5. The Bertz CT molecular complexity index is 1250. The van der Waals surface area contributed by atoms with Gasteiger partial charge in [0.2, 0.25) is 0 Å². The van der Waals surface area contributed by atoms with Gasteiger partial charge in [-0.1, -0.05) is 41.9 Å². The van der Waals surface area contributed by atoms with Crippen LogP contribution in [0, 0.1) is 10.1 Å². The minimum Gasteiger partial charge on any atom is -0.466 e. The van der Waals surface area contributed by atoms with E-state index in [1.807, 2.05) is 0 Å². The molecule has 0 radical (unpaired) electrons. The van der Waals surface area contributed by atoms with Crippen molar-refractivity contribution in [2.45, 2.75) is 19.4 Å². The number of carbonyl (C=O) groups is 2. The number of hydrogen-bond donors (Lipinski definition) is 0. The molecule has 2 heterocycles. The molecule has 162 valence electrons. The number of fused-ring (bicyclic) bond motifs is 1. The average Bonchev–Trinajstić information content (AvgIpc) is 3.07. The van der Waals surface area contributed by atoms with Gasteiger partial charge in [-0.2, -0.15) is 0 Å². The van der Waals surface area contributed by atoms with E-state index in [9.17, 15) is 19.7 Å². The number of carbonyl (C=O) groups excluding carboxylic acids is 2. The van der Waals surface area contributed by atoms with Crippen molar-refractivity contribution in [2.24, 2.45) is 4.99 Å². The van der Waals surface area contributed by atoms with Crippen LogP contribution in [0.3, 0.4) is 0 Å². The summed E-state index contributed by atoms with van der Waals surface area (Å²) in [7, 11) is 1.27. The largest absolute Gasteiger partial charge is 0.466 e. The van der Waals surface area contributed by atoms with Crippen LogP contribution in [0.2, 0.25) is 5.02 Å². The lowest BCUT2D eigenvalue weighted by atomic mass is 9.94. The predicted molar refractivity (Wildman–Crippen MR) is 119 cm³/mol. The van der Waals surface area contributed by atoms with Crippen molar-refractivity contribution in [3.63, 3.8) is 0 Å². The van der Waals surface area contributed by atoms with Crippen molar-refractivity contribution < 1.29 is 19.2 Å². The molecule has 0 saturated carbocycles. The van der Waals surface area contributed by atoms with Crippen LogP contribution in [-0.4, -0.2) is 34.6 Å². The summed E-state index contributed by atoms with van der Waals surface area (Å²) in [4.78, 5) is 42.6. The van der Waals surface area contributed by atoms with E-state index in [0.717, 1.165) is 0 Å². The Kier molecular flexibility index (Phi) is 5.63. The highest BCUT2D eigenvalue weighted by molar-refractivity contribution is 6.31. The van der Waals surface area contributed by atoms with Gasteiger partial charge in [0.25, 0.3) is 11.6 Å². The minimum absolute atomic E-state index is 0.0701. The second-order valence-corrected chi connectivity index (χ2v) is 7.72. The Balaban J connectivity index is 1.81. The number of hydrogen-bond acceptors (Lipinski definition) is 6. The molecule has 0 aliphatic carbocycles. The number of ether oxygens (including phenoxy) is 1. The number of methoxy groups -OCH3 is 1. The standard InChI is InChI=1S/C23H18ClN3O5/c1-13-20(23(29)32-2)21(17-8-3-4-9-18(17)24)26-19(25-13)12-15(22(26)28)10-14-6-5-7-16(11-14)27(30)31/h3-11,21H,12H2,1-2H3/b15-10-. The zero-order valence-corrected chi connectivity index (χ0v) is 18.0. The number of nitro groups is 1. The maximum Gasteiger partial charge on any atom is 0.338 e. The molecule has 0 aromatic heterocycles. The first-order valence-electron chi connectivity index (χ1n) is 9.71. The number of benzene rings is 2. The Labute approximate surface area is 188 Å². The molecule has 1 fully saturated rings. The van der Waals surface area contributed by atoms with Gasteiger partial charge in [0, 0.05) is 29.1 Å². The van der Waals surface area contributed by atoms with Gasteiger partial charge in [-0.05, 0) is 30.2 Å². The van der Waals surface area contributed by atoms with E-state index in [-0.39, 0.29) is 23.6 Å². The molecule has 32 heavy (non-hydrogen) atoms. The monoisotopic (exact) mass is 451 g/mol. The van der Waals surface area contributed by atoms with Crippen molar-refractivity contribution in [3.8, 4) is 0 Å². The second-order valence-electron chi connectivity index (χ2n) is 7.32. The third kappa shape index (κ3) is 3.69. The first-order chi connectivity index (χ1) is 15.3. The molecule has 2 aliphatic rings. The Hall–Kier alpha value is -3.78. The van der Waals surface area contributed by atoms with E-state index >= 15 is 0 Å². The first kappa shape index (κ1) is 21.5. The Morgan fingerprint density at radius 3 is 2.72 bits per heavy atom. The van der Waals surface area contributed by atoms with Gasteiger partial charge < -0.3 is 4.74 Å². The van der Waals surface area contributed by atoms with Crippen molar-refractivity contribution >= 4 is 41.1 Å². The van der Waals surface area contributed by atoms with Gasteiger partial charge >= 0.3 is 5.97 Å². The van der Waals surface area contributed by atoms with Gasteiger partial charge in [0.15, 0.2) is 0 Å². The van der Waals surface area contributed by atoms with Gasteiger partial charge in [0.1, 0.15) is 5.84 Å². The average molecular weight is 452 g/mol. The van der Waals surface area contributed by atoms with Crippen LogP contribution in [0.15, 0.2) is 70.4 Å². The minimum atomic E-state index is -0.799.